The minimum atomic E-state index is -1.00. The van der Waals surface area contributed by atoms with Gasteiger partial charge in [0.2, 0.25) is 0 Å². The van der Waals surface area contributed by atoms with Crippen LogP contribution in [0, 0.1) is 20.8 Å². The van der Waals surface area contributed by atoms with Gasteiger partial charge in [-0.3, -0.25) is 4.99 Å². The first-order chi connectivity index (χ1) is 13.3. The normalized spacial score (nSPS) is 11.3. The molecule has 2 aromatic carbocycles. The largest absolute Gasteiger partial charge is 0.478 e. The second-order valence-corrected chi connectivity index (χ2v) is 7.23. The van der Waals surface area contributed by atoms with E-state index in [0.29, 0.717) is 10.7 Å². The SMILES string of the molecule is CCc1cccc(C)c1-n1c(C)cc(C=Nc2cc(C(=O)O)ccc2Cl)c1C. The van der Waals surface area contributed by atoms with Gasteiger partial charge in [0.15, 0.2) is 0 Å². The molecule has 0 radical (unpaired) electrons. The highest BCUT2D eigenvalue weighted by molar-refractivity contribution is 6.33. The zero-order valence-electron chi connectivity index (χ0n) is 16.5. The van der Waals surface area contributed by atoms with E-state index in [-0.39, 0.29) is 5.56 Å². The Kier molecular flexibility index (Phi) is 5.71. The van der Waals surface area contributed by atoms with E-state index in [2.05, 4.69) is 61.5 Å². The lowest BCUT2D eigenvalue weighted by Crippen LogP contribution is -2.05. The van der Waals surface area contributed by atoms with Crippen LogP contribution >= 0.6 is 11.6 Å². The van der Waals surface area contributed by atoms with E-state index < -0.39 is 5.97 Å². The summed E-state index contributed by atoms with van der Waals surface area (Å²) in [5, 5.41) is 9.59. The van der Waals surface area contributed by atoms with Crippen LogP contribution in [-0.2, 0) is 6.42 Å². The highest BCUT2D eigenvalue weighted by Crippen LogP contribution is 2.28. The number of carboxylic acids is 1. The number of para-hydroxylation sites is 1. The van der Waals surface area contributed by atoms with Crippen molar-refractivity contribution in [1.29, 1.82) is 0 Å². The highest BCUT2D eigenvalue weighted by Gasteiger charge is 2.14. The molecule has 0 spiro atoms. The lowest BCUT2D eigenvalue weighted by Gasteiger charge is -2.17. The Balaban J connectivity index is 2.06. The topological polar surface area (TPSA) is 54.6 Å². The van der Waals surface area contributed by atoms with Crippen molar-refractivity contribution in [3.05, 3.63) is 81.1 Å². The predicted octanol–water partition coefficient (Wildman–Crippen LogP) is 6.07. The summed E-state index contributed by atoms with van der Waals surface area (Å²) in [7, 11) is 0. The summed E-state index contributed by atoms with van der Waals surface area (Å²) in [5.41, 5.74) is 7.50. The molecule has 0 aliphatic heterocycles. The first-order valence-electron chi connectivity index (χ1n) is 9.18. The van der Waals surface area contributed by atoms with Gasteiger partial charge in [0.25, 0.3) is 0 Å². The molecule has 4 nitrogen and oxygen atoms in total. The Hall–Kier alpha value is -2.85. The molecule has 5 heteroatoms. The zero-order valence-corrected chi connectivity index (χ0v) is 17.2. The van der Waals surface area contributed by atoms with E-state index >= 15 is 0 Å². The van der Waals surface area contributed by atoms with Crippen molar-refractivity contribution in [1.82, 2.24) is 4.57 Å². The average Bonchev–Trinajstić information content (AvgIpc) is 2.94. The van der Waals surface area contributed by atoms with Crippen molar-refractivity contribution in [2.75, 3.05) is 0 Å². The second kappa shape index (κ2) is 8.03. The Labute approximate surface area is 170 Å². The summed E-state index contributed by atoms with van der Waals surface area (Å²) in [5.74, 6) is -1.00. The van der Waals surface area contributed by atoms with Crippen LogP contribution in [0.1, 0.15) is 45.4 Å². The minimum absolute atomic E-state index is 0.162. The van der Waals surface area contributed by atoms with Crippen LogP contribution in [0.25, 0.3) is 5.69 Å². The molecule has 0 unspecified atom stereocenters. The number of aromatic nitrogens is 1. The molecule has 0 bridgehead atoms. The maximum Gasteiger partial charge on any atom is 0.335 e. The molecule has 3 rings (SSSR count). The summed E-state index contributed by atoms with van der Waals surface area (Å²) in [6.45, 7) is 8.42. The number of aromatic carboxylic acids is 1. The molecule has 1 aromatic heterocycles. The van der Waals surface area contributed by atoms with Gasteiger partial charge >= 0.3 is 5.97 Å². The molecule has 3 aromatic rings. The third kappa shape index (κ3) is 3.73. The Morgan fingerprint density at radius 3 is 2.61 bits per heavy atom. The van der Waals surface area contributed by atoms with Gasteiger partial charge in [-0.15, -0.1) is 0 Å². The maximum atomic E-state index is 11.2. The molecule has 0 atom stereocenters. The summed E-state index contributed by atoms with van der Waals surface area (Å²) in [6, 6.07) is 13.0. The molecule has 0 aliphatic rings. The molecule has 28 heavy (non-hydrogen) atoms. The number of carbonyl (C=O) groups is 1. The monoisotopic (exact) mass is 394 g/mol. The minimum Gasteiger partial charge on any atom is -0.478 e. The summed E-state index contributed by atoms with van der Waals surface area (Å²) < 4.78 is 2.25. The first kappa shape index (κ1) is 19.9. The Bertz CT molecular complexity index is 1080. The molecular formula is C23H23ClN2O2. The molecule has 0 amide bonds. The molecule has 0 saturated carbocycles. The molecular weight excluding hydrogens is 372 g/mol. The number of hydrogen-bond donors (Lipinski definition) is 1. The fraction of sp³-hybridized carbons (Fsp3) is 0.217. The van der Waals surface area contributed by atoms with Gasteiger partial charge in [-0.2, -0.15) is 0 Å². The quantitative estimate of drug-likeness (QED) is 0.534. The van der Waals surface area contributed by atoms with Crippen LogP contribution < -0.4 is 0 Å². The molecule has 0 saturated heterocycles. The summed E-state index contributed by atoms with van der Waals surface area (Å²) >= 11 is 6.19. The van der Waals surface area contributed by atoms with Crippen LogP contribution in [0.3, 0.4) is 0 Å². The number of rotatable bonds is 5. The van der Waals surface area contributed by atoms with E-state index in [1.54, 1.807) is 12.3 Å². The average molecular weight is 395 g/mol. The van der Waals surface area contributed by atoms with E-state index in [0.717, 1.165) is 23.4 Å². The molecule has 1 heterocycles. The predicted molar refractivity (Wildman–Crippen MR) is 115 cm³/mol. The van der Waals surface area contributed by atoms with Crippen molar-refractivity contribution in [2.45, 2.75) is 34.1 Å². The highest BCUT2D eigenvalue weighted by atomic mass is 35.5. The third-order valence-corrected chi connectivity index (χ3v) is 5.25. The van der Waals surface area contributed by atoms with Gasteiger partial charge < -0.3 is 9.67 Å². The number of nitrogens with zero attached hydrogens (tertiary/aromatic N) is 2. The van der Waals surface area contributed by atoms with Gasteiger partial charge in [-0.1, -0.05) is 36.7 Å². The van der Waals surface area contributed by atoms with Crippen molar-refractivity contribution < 1.29 is 9.90 Å². The van der Waals surface area contributed by atoms with Gasteiger partial charge in [0.05, 0.1) is 22.0 Å². The third-order valence-electron chi connectivity index (χ3n) is 4.93. The Morgan fingerprint density at radius 1 is 1.18 bits per heavy atom. The van der Waals surface area contributed by atoms with Crippen LogP contribution in [0.15, 0.2) is 47.5 Å². The second-order valence-electron chi connectivity index (χ2n) is 6.83. The fourth-order valence-electron chi connectivity index (χ4n) is 3.47. The summed E-state index contributed by atoms with van der Waals surface area (Å²) in [6.07, 6.45) is 2.70. The van der Waals surface area contributed by atoms with Crippen molar-refractivity contribution in [3.8, 4) is 5.69 Å². The number of halogens is 1. The van der Waals surface area contributed by atoms with Gasteiger partial charge in [0.1, 0.15) is 0 Å². The van der Waals surface area contributed by atoms with Gasteiger partial charge in [0, 0.05) is 23.2 Å². The molecule has 144 valence electrons. The smallest absolute Gasteiger partial charge is 0.335 e. The Morgan fingerprint density at radius 2 is 1.93 bits per heavy atom. The van der Waals surface area contributed by atoms with E-state index in [1.807, 2.05) is 0 Å². The van der Waals surface area contributed by atoms with Crippen LogP contribution in [-0.4, -0.2) is 21.9 Å². The molecule has 0 aliphatic carbocycles. The van der Waals surface area contributed by atoms with Crippen LogP contribution in [0.5, 0.6) is 0 Å². The van der Waals surface area contributed by atoms with Crippen LogP contribution in [0.4, 0.5) is 5.69 Å². The lowest BCUT2D eigenvalue weighted by molar-refractivity contribution is 0.0697. The lowest BCUT2D eigenvalue weighted by atomic mass is 10.1. The first-order valence-corrected chi connectivity index (χ1v) is 9.56. The number of hydrogen-bond acceptors (Lipinski definition) is 2. The number of benzene rings is 2. The number of carboxylic acid groups (broad SMARTS) is 1. The fourth-order valence-corrected chi connectivity index (χ4v) is 3.64. The molecule has 0 fully saturated rings. The van der Waals surface area contributed by atoms with Gasteiger partial charge in [-0.25, -0.2) is 4.79 Å². The van der Waals surface area contributed by atoms with Crippen molar-refractivity contribution in [2.24, 2.45) is 4.99 Å². The summed E-state index contributed by atoms with van der Waals surface area (Å²) in [4.78, 5) is 15.7. The van der Waals surface area contributed by atoms with Crippen molar-refractivity contribution >= 4 is 29.5 Å². The standard InChI is InChI=1S/C23H23ClN2O2/c1-5-17-8-6-7-14(2)22(17)26-15(3)11-19(16(26)4)13-25-21-12-18(23(27)28)9-10-20(21)24/h6-13H,5H2,1-4H3,(H,27,28). The number of aliphatic imine (C=N–C) groups is 1. The van der Waals surface area contributed by atoms with Crippen molar-refractivity contribution in [3.63, 3.8) is 0 Å². The van der Waals surface area contributed by atoms with Gasteiger partial charge in [-0.05, 0) is 62.6 Å². The van der Waals surface area contributed by atoms with E-state index in [4.69, 9.17) is 11.6 Å². The van der Waals surface area contributed by atoms with Crippen LogP contribution in [0.2, 0.25) is 5.02 Å². The zero-order chi connectivity index (χ0) is 20.4. The number of aryl methyl sites for hydroxylation is 3. The maximum absolute atomic E-state index is 11.2. The van der Waals surface area contributed by atoms with E-state index in [9.17, 15) is 9.90 Å². The molecule has 1 N–H and O–H groups in total. The van der Waals surface area contributed by atoms with E-state index in [1.165, 1.54) is 28.9 Å².